The van der Waals surface area contributed by atoms with Crippen LogP contribution < -0.4 is 0 Å². The van der Waals surface area contributed by atoms with Gasteiger partial charge < -0.3 is 15.3 Å². The molecule has 0 bridgehead atoms. The number of alkyl halides is 2. The standard InChI is InChI=1S/C31H35F2NO6/c1-28-9-8-18(36)10-21(28)23(32)12-20-19-11-22-26(27(39)40)34(14-17-6-4-3-5-7-17)16-30(22,25(38)15-35)29(19,2)13-24(37)31(20,28)33/h3-10,19-20,22-24,26,35,37H,11-16H2,1-2H3,(H,39,40). The van der Waals surface area contributed by atoms with Crippen molar-refractivity contribution in [3.8, 4) is 0 Å². The maximum atomic E-state index is 17.6. The molecule has 10 atom stereocenters. The monoisotopic (exact) mass is 555 g/mol. The molecule has 10 unspecified atom stereocenters. The second kappa shape index (κ2) is 8.87. The summed E-state index contributed by atoms with van der Waals surface area (Å²) < 4.78 is 33.4. The van der Waals surface area contributed by atoms with Crippen LogP contribution in [0.2, 0.25) is 0 Å². The first-order valence-corrected chi connectivity index (χ1v) is 14.0. The summed E-state index contributed by atoms with van der Waals surface area (Å²) in [5.74, 6) is -4.47. The molecule has 3 N–H and O–H groups in total. The number of allylic oxidation sites excluding steroid dienone is 4. The van der Waals surface area contributed by atoms with Crippen molar-refractivity contribution in [3.05, 3.63) is 59.7 Å². The molecule has 1 aliphatic heterocycles. The second-order valence-electron chi connectivity index (χ2n) is 12.9. The van der Waals surface area contributed by atoms with Crippen molar-refractivity contribution in [1.29, 1.82) is 0 Å². The number of aliphatic hydroxyl groups is 2. The molecule has 0 radical (unpaired) electrons. The molecule has 4 aliphatic carbocycles. The number of nitrogens with zero attached hydrogens (tertiary/aromatic N) is 1. The van der Waals surface area contributed by atoms with Gasteiger partial charge in [-0.15, -0.1) is 0 Å². The largest absolute Gasteiger partial charge is 0.480 e. The van der Waals surface area contributed by atoms with Crippen molar-refractivity contribution in [1.82, 2.24) is 4.90 Å². The summed E-state index contributed by atoms with van der Waals surface area (Å²) in [6.45, 7) is 2.79. The average molecular weight is 556 g/mol. The zero-order valence-electron chi connectivity index (χ0n) is 22.6. The zero-order valence-corrected chi connectivity index (χ0v) is 22.6. The van der Waals surface area contributed by atoms with Crippen LogP contribution in [-0.2, 0) is 20.9 Å². The number of hydrogen-bond donors (Lipinski definition) is 3. The van der Waals surface area contributed by atoms with E-state index in [2.05, 4.69) is 0 Å². The Hall–Kier alpha value is -2.75. The van der Waals surface area contributed by atoms with Crippen molar-refractivity contribution < 1.29 is 38.5 Å². The molecular weight excluding hydrogens is 520 g/mol. The third-order valence-electron chi connectivity index (χ3n) is 11.5. The topological polar surface area (TPSA) is 115 Å². The number of halogens is 2. The van der Waals surface area contributed by atoms with E-state index < -0.39 is 82.1 Å². The second-order valence-corrected chi connectivity index (χ2v) is 12.9. The van der Waals surface area contributed by atoms with Gasteiger partial charge in [0, 0.05) is 24.4 Å². The Balaban J connectivity index is 1.47. The summed E-state index contributed by atoms with van der Waals surface area (Å²) in [7, 11) is 0. The number of aliphatic carboxylic acids is 1. The summed E-state index contributed by atoms with van der Waals surface area (Å²) >= 11 is 0. The van der Waals surface area contributed by atoms with Crippen LogP contribution in [0.1, 0.15) is 38.7 Å². The van der Waals surface area contributed by atoms with Gasteiger partial charge in [-0.05, 0) is 66.7 Å². The van der Waals surface area contributed by atoms with Crippen LogP contribution in [0.15, 0.2) is 54.1 Å². The Morgan fingerprint density at radius 3 is 2.45 bits per heavy atom. The Morgan fingerprint density at radius 1 is 1.10 bits per heavy atom. The Labute approximate surface area is 231 Å². The fourth-order valence-electron chi connectivity index (χ4n) is 9.82. The average Bonchev–Trinajstić information content (AvgIpc) is 3.36. The Kier molecular flexibility index (Phi) is 6.08. The lowest BCUT2D eigenvalue weighted by Crippen LogP contribution is -2.69. The predicted molar refractivity (Wildman–Crippen MR) is 140 cm³/mol. The lowest BCUT2D eigenvalue weighted by atomic mass is 9.43. The predicted octanol–water partition coefficient (Wildman–Crippen LogP) is 3.05. The third-order valence-corrected chi connectivity index (χ3v) is 11.5. The summed E-state index contributed by atoms with van der Waals surface area (Å²) in [6, 6.07) is 8.22. The van der Waals surface area contributed by atoms with E-state index >= 15 is 8.78 Å². The lowest BCUT2D eigenvalue weighted by Gasteiger charge is -2.63. The number of rotatable bonds is 5. The van der Waals surface area contributed by atoms with E-state index in [0.29, 0.717) is 0 Å². The minimum atomic E-state index is -2.33. The van der Waals surface area contributed by atoms with Crippen molar-refractivity contribution in [2.24, 2.45) is 34.0 Å². The molecule has 1 saturated heterocycles. The molecule has 4 fully saturated rings. The molecule has 40 heavy (non-hydrogen) atoms. The van der Waals surface area contributed by atoms with Crippen LogP contribution in [0, 0.1) is 34.0 Å². The van der Waals surface area contributed by atoms with Gasteiger partial charge in [-0.3, -0.25) is 19.3 Å². The van der Waals surface area contributed by atoms with Gasteiger partial charge in [0.2, 0.25) is 0 Å². The minimum absolute atomic E-state index is 0.0122. The first-order valence-electron chi connectivity index (χ1n) is 14.0. The maximum absolute atomic E-state index is 17.6. The number of carbonyl (C=O) groups is 3. The quantitative estimate of drug-likeness (QED) is 0.512. The highest BCUT2D eigenvalue weighted by Crippen LogP contribution is 2.75. The van der Waals surface area contributed by atoms with Gasteiger partial charge in [0.05, 0.1) is 11.5 Å². The van der Waals surface area contributed by atoms with Crippen molar-refractivity contribution in [3.63, 3.8) is 0 Å². The summed E-state index contributed by atoms with van der Waals surface area (Å²) in [5, 5.41) is 32.3. The highest BCUT2D eigenvalue weighted by molar-refractivity contribution is 6.01. The van der Waals surface area contributed by atoms with E-state index in [9.17, 15) is 29.7 Å². The molecule has 0 amide bonds. The minimum Gasteiger partial charge on any atom is -0.480 e. The van der Waals surface area contributed by atoms with Crippen LogP contribution in [0.25, 0.3) is 0 Å². The fourth-order valence-corrected chi connectivity index (χ4v) is 9.82. The van der Waals surface area contributed by atoms with Crippen LogP contribution in [0.4, 0.5) is 8.78 Å². The van der Waals surface area contributed by atoms with Crippen LogP contribution in [0.3, 0.4) is 0 Å². The molecule has 3 saturated carbocycles. The molecule has 1 heterocycles. The van der Waals surface area contributed by atoms with Crippen LogP contribution in [-0.4, -0.2) is 74.9 Å². The highest BCUT2D eigenvalue weighted by Gasteiger charge is 2.79. The number of hydrogen-bond acceptors (Lipinski definition) is 6. The van der Waals surface area contributed by atoms with Crippen molar-refractivity contribution >= 4 is 17.5 Å². The van der Waals surface area contributed by atoms with Gasteiger partial charge in [0.25, 0.3) is 0 Å². The Morgan fingerprint density at radius 2 is 1.80 bits per heavy atom. The normalized spacial score (nSPS) is 45.8. The number of aliphatic hydroxyl groups excluding tert-OH is 2. The maximum Gasteiger partial charge on any atom is 0.321 e. The van der Waals surface area contributed by atoms with Gasteiger partial charge in [0.15, 0.2) is 17.2 Å². The molecule has 7 nitrogen and oxygen atoms in total. The lowest BCUT2D eigenvalue weighted by molar-refractivity contribution is -0.212. The van der Waals surface area contributed by atoms with Crippen molar-refractivity contribution in [2.45, 2.75) is 63.6 Å². The summed E-state index contributed by atoms with van der Waals surface area (Å²) in [5.41, 5.74) is -5.48. The van der Waals surface area contributed by atoms with Crippen molar-refractivity contribution in [2.75, 3.05) is 13.2 Å². The van der Waals surface area contributed by atoms with Gasteiger partial charge in [-0.1, -0.05) is 43.3 Å². The Bertz CT molecular complexity index is 1330. The molecule has 5 aliphatic rings. The van der Waals surface area contributed by atoms with E-state index in [1.807, 2.05) is 30.3 Å². The van der Waals surface area contributed by atoms with Gasteiger partial charge in [-0.25, -0.2) is 8.78 Å². The first kappa shape index (κ1) is 27.4. The zero-order chi connectivity index (χ0) is 28.8. The smallest absolute Gasteiger partial charge is 0.321 e. The fraction of sp³-hybridized carbons (Fsp3) is 0.581. The van der Waals surface area contributed by atoms with E-state index in [0.717, 1.165) is 11.6 Å². The van der Waals surface area contributed by atoms with E-state index in [-0.39, 0.29) is 37.9 Å². The molecule has 0 aromatic heterocycles. The molecule has 1 aromatic carbocycles. The molecule has 6 rings (SSSR count). The number of carboxylic acids is 1. The molecule has 9 heteroatoms. The van der Waals surface area contributed by atoms with E-state index in [1.165, 1.54) is 19.1 Å². The number of carboxylic acid groups (broad SMARTS) is 1. The number of Topliss-reactive ketones (excluding diaryl/α,β-unsaturated/α-hetero) is 1. The summed E-state index contributed by atoms with van der Waals surface area (Å²) in [4.78, 5) is 40.4. The highest BCUT2D eigenvalue weighted by atomic mass is 19.1. The number of fused-ring (bicyclic) bond motifs is 7. The first-order chi connectivity index (χ1) is 18.8. The van der Waals surface area contributed by atoms with E-state index in [1.54, 1.807) is 11.8 Å². The van der Waals surface area contributed by atoms with Gasteiger partial charge in [0.1, 0.15) is 18.8 Å². The SMILES string of the molecule is CC12C=CC(=O)C=C1C(F)CC1C3CC4C(C(=O)O)N(Cc5ccccc5)CC4(C(=O)CO)C3(C)CC(O)C12F. The number of likely N-dealkylation sites (tertiary alicyclic amines) is 1. The summed E-state index contributed by atoms with van der Waals surface area (Å²) in [6.07, 6.45) is 0.188. The van der Waals surface area contributed by atoms with Gasteiger partial charge >= 0.3 is 5.97 Å². The van der Waals surface area contributed by atoms with E-state index in [4.69, 9.17) is 0 Å². The molecule has 214 valence electrons. The van der Waals surface area contributed by atoms with Crippen LogP contribution in [0.5, 0.6) is 0 Å². The number of ketones is 2. The van der Waals surface area contributed by atoms with Gasteiger partial charge in [-0.2, -0.15) is 0 Å². The molecular formula is C31H35F2NO6. The third kappa shape index (κ3) is 3.22. The molecule has 0 spiro atoms. The van der Waals surface area contributed by atoms with Crippen LogP contribution >= 0.6 is 0 Å². The number of carbonyl (C=O) groups excluding carboxylic acids is 2. The molecule has 1 aromatic rings. The number of benzene rings is 1.